The van der Waals surface area contributed by atoms with Crippen molar-refractivity contribution in [2.24, 2.45) is 5.16 Å². The lowest BCUT2D eigenvalue weighted by atomic mass is 9.86. The van der Waals surface area contributed by atoms with Crippen LogP contribution in [0.25, 0.3) is 0 Å². The van der Waals surface area contributed by atoms with Crippen LogP contribution in [0, 0.1) is 0 Å². The van der Waals surface area contributed by atoms with Crippen molar-refractivity contribution in [3.05, 3.63) is 67.6 Å². The highest BCUT2D eigenvalue weighted by molar-refractivity contribution is 9.10. The first-order chi connectivity index (χ1) is 12.5. The smallest absolute Gasteiger partial charge is 0.435 e. The van der Waals surface area contributed by atoms with Crippen LogP contribution in [0.1, 0.15) is 27.9 Å². The Hall–Kier alpha value is -1.77. The van der Waals surface area contributed by atoms with E-state index in [9.17, 15) is 18.0 Å². The molecular formula is C17H9BrCl2F3NO3. The Morgan fingerprint density at radius 2 is 1.81 bits per heavy atom. The fourth-order valence-electron chi connectivity index (χ4n) is 2.71. The Labute approximate surface area is 169 Å². The minimum Gasteiger partial charge on any atom is -0.478 e. The van der Waals surface area contributed by atoms with Gasteiger partial charge < -0.3 is 9.94 Å². The van der Waals surface area contributed by atoms with Crippen LogP contribution in [-0.4, -0.2) is 23.0 Å². The van der Waals surface area contributed by atoms with Gasteiger partial charge in [-0.3, -0.25) is 0 Å². The number of aromatic carboxylic acids is 1. The van der Waals surface area contributed by atoms with E-state index in [4.69, 9.17) is 33.1 Å². The molecule has 0 spiro atoms. The monoisotopic (exact) mass is 481 g/mol. The first-order valence-electron chi connectivity index (χ1n) is 7.35. The van der Waals surface area contributed by atoms with Crippen LogP contribution in [0.5, 0.6) is 0 Å². The molecule has 0 aliphatic carbocycles. The maximum atomic E-state index is 13.9. The number of carboxylic acid groups (broad SMARTS) is 1. The number of hydrogen-bond acceptors (Lipinski definition) is 3. The van der Waals surface area contributed by atoms with E-state index < -0.39 is 24.2 Å². The Morgan fingerprint density at radius 3 is 2.33 bits per heavy atom. The second-order valence-electron chi connectivity index (χ2n) is 5.79. The number of nitrogens with zero attached hydrogens (tertiary/aromatic N) is 1. The zero-order valence-electron chi connectivity index (χ0n) is 13.1. The molecule has 10 heteroatoms. The molecule has 0 fully saturated rings. The van der Waals surface area contributed by atoms with Gasteiger partial charge in [0.1, 0.15) is 0 Å². The summed E-state index contributed by atoms with van der Waals surface area (Å²) >= 11 is 14.8. The predicted molar refractivity (Wildman–Crippen MR) is 97.5 cm³/mol. The van der Waals surface area contributed by atoms with Crippen molar-refractivity contribution in [3.8, 4) is 0 Å². The highest BCUT2D eigenvalue weighted by Crippen LogP contribution is 2.49. The molecule has 1 N–H and O–H groups in total. The fourth-order valence-corrected chi connectivity index (χ4v) is 3.79. The van der Waals surface area contributed by atoms with Gasteiger partial charge in [0.05, 0.1) is 11.3 Å². The van der Waals surface area contributed by atoms with Crippen LogP contribution in [0.15, 0.2) is 46.0 Å². The number of rotatable bonds is 3. The summed E-state index contributed by atoms with van der Waals surface area (Å²) in [4.78, 5) is 16.0. The summed E-state index contributed by atoms with van der Waals surface area (Å²) in [6.07, 6.45) is -5.42. The molecule has 0 bridgehead atoms. The summed E-state index contributed by atoms with van der Waals surface area (Å²) in [5.74, 6) is -1.17. The third-order valence-electron chi connectivity index (χ3n) is 4.05. The molecule has 0 saturated heterocycles. The molecule has 0 amide bonds. The molecule has 1 unspecified atom stereocenters. The third-order valence-corrected chi connectivity index (χ3v) is 5.14. The van der Waals surface area contributed by atoms with Crippen molar-refractivity contribution in [2.75, 3.05) is 0 Å². The van der Waals surface area contributed by atoms with Crippen molar-refractivity contribution < 1.29 is 27.9 Å². The van der Waals surface area contributed by atoms with Crippen molar-refractivity contribution in [3.63, 3.8) is 0 Å². The first kappa shape index (κ1) is 20.0. The highest BCUT2D eigenvalue weighted by atomic mass is 79.9. The molecule has 1 atom stereocenters. The Kier molecular flexibility index (Phi) is 5.18. The van der Waals surface area contributed by atoms with Gasteiger partial charge in [-0.05, 0) is 46.3 Å². The molecule has 1 aliphatic heterocycles. The topological polar surface area (TPSA) is 58.9 Å². The third kappa shape index (κ3) is 3.66. The van der Waals surface area contributed by atoms with E-state index in [0.29, 0.717) is 5.56 Å². The van der Waals surface area contributed by atoms with Crippen molar-refractivity contribution in [2.45, 2.75) is 18.2 Å². The van der Waals surface area contributed by atoms with E-state index in [-0.39, 0.29) is 31.4 Å². The lowest BCUT2D eigenvalue weighted by molar-refractivity contribution is -0.275. The summed E-state index contributed by atoms with van der Waals surface area (Å²) in [5, 5.41) is 12.7. The van der Waals surface area contributed by atoms with Gasteiger partial charge >= 0.3 is 12.1 Å². The van der Waals surface area contributed by atoms with E-state index in [1.54, 1.807) is 0 Å². The second kappa shape index (κ2) is 7.00. The molecule has 3 rings (SSSR count). The van der Waals surface area contributed by atoms with E-state index in [1.807, 2.05) is 0 Å². The highest BCUT2D eigenvalue weighted by Gasteiger charge is 2.62. The number of carboxylic acids is 1. The normalized spacial score (nSPS) is 19.6. The zero-order chi connectivity index (χ0) is 20.0. The number of carbonyl (C=O) groups is 1. The molecule has 27 heavy (non-hydrogen) atoms. The zero-order valence-corrected chi connectivity index (χ0v) is 16.2. The Balaban J connectivity index is 2.02. The van der Waals surface area contributed by atoms with Crippen LogP contribution >= 0.6 is 39.1 Å². The lowest BCUT2D eigenvalue weighted by Gasteiger charge is -2.29. The minimum atomic E-state index is -4.80. The lowest BCUT2D eigenvalue weighted by Crippen LogP contribution is -2.42. The van der Waals surface area contributed by atoms with E-state index in [2.05, 4.69) is 21.1 Å². The molecule has 1 heterocycles. The molecule has 2 aromatic rings. The van der Waals surface area contributed by atoms with Crippen molar-refractivity contribution in [1.29, 1.82) is 0 Å². The van der Waals surface area contributed by atoms with E-state index in [0.717, 1.165) is 12.1 Å². The molecular weight excluding hydrogens is 474 g/mol. The van der Waals surface area contributed by atoms with Crippen LogP contribution in [0.2, 0.25) is 10.0 Å². The van der Waals surface area contributed by atoms with Gasteiger partial charge in [0, 0.05) is 32.1 Å². The molecule has 0 aromatic heterocycles. The number of benzene rings is 2. The largest absolute Gasteiger partial charge is 0.478 e. The van der Waals surface area contributed by atoms with Crippen molar-refractivity contribution >= 4 is 50.8 Å². The standard InChI is InChI=1S/C17H9BrCl2F3NO3/c18-13-3-8(1-2-12(13)15(25)26)14-7-16(27-24-14,17(21,22)23)9-4-10(19)6-11(20)5-9/h1-6H,7H2,(H,25,26). The summed E-state index contributed by atoms with van der Waals surface area (Å²) in [6.45, 7) is 0. The maximum absolute atomic E-state index is 13.9. The van der Waals surface area contributed by atoms with Crippen LogP contribution in [-0.2, 0) is 10.4 Å². The number of oxime groups is 1. The minimum absolute atomic E-state index is 0.0149. The van der Waals surface area contributed by atoms with E-state index in [1.165, 1.54) is 24.3 Å². The molecule has 4 nitrogen and oxygen atoms in total. The van der Waals surface area contributed by atoms with Crippen LogP contribution in [0.3, 0.4) is 0 Å². The van der Waals surface area contributed by atoms with Gasteiger partial charge in [-0.2, -0.15) is 13.2 Å². The summed E-state index contributed by atoms with van der Waals surface area (Å²) < 4.78 is 42.0. The summed E-state index contributed by atoms with van der Waals surface area (Å²) in [7, 11) is 0. The first-order valence-corrected chi connectivity index (χ1v) is 8.90. The molecule has 2 aromatic carbocycles. The molecule has 0 saturated carbocycles. The van der Waals surface area contributed by atoms with Gasteiger partial charge in [0.25, 0.3) is 5.60 Å². The van der Waals surface area contributed by atoms with Crippen molar-refractivity contribution in [1.82, 2.24) is 0 Å². The molecule has 0 radical (unpaired) electrons. The summed E-state index contributed by atoms with van der Waals surface area (Å²) in [6, 6.07) is 7.59. The van der Waals surface area contributed by atoms with Gasteiger partial charge in [-0.25, -0.2) is 4.79 Å². The molecule has 142 valence electrons. The Bertz CT molecular complexity index is 945. The average molecular weight is 483 g/mol. The Morgan fingerprint density at radius 1 is 1.19 bits per heavy atom. The van der Waals surface area contributed by atoms with Gasteiger partial charge in [0.2, 0.25) is 0 Å². The van der Waals surface area contributed by atoms with Crippen LogP contribution in [0.4, 0.5) is 13.2 Å². The van der Waals surface area contributed by atoms with E-state index >= 15 is 0 Å². The maximum Gasteiger partial charge on any atom is 0.435 e. The molecule has 1 aliphatic rings. The number of halogens is 6. The predicted octanol–water partition coefficient (Wildman–Crippen LogP) is 6.04. The quantitative estimate of drug-likeness (QED) is 0.580. The van der Waals surface area contributed by atoms with Gasteiger partial charge in [-0.15, -0.1) is 0 Å². The second-order valence-corrected chi connectivity index (χ2v) is 7.52. The van der Waals surface area contributed by atoms with Gasteiger partial charge in [0.15, 0.2) is 0 Å². The van der Waals surface area contributed by atoms with Crippen LogP contribution < -0.4 is 0 Å². The number of hydrogen-bond donors (Lipinski definition) is 1. The average Bonchev–Trinajstić information content (AvgIpc) is 3.00. The summed E-state index contributed by atoms with van der Waals surface area (Å²) in [5.41, 5.74) is -2.73. The SMILES string of the molecule is O=C(O)c1ccc(C2=NOC(c3cc(Cl)cc(Cl)c3)(C(F)(F)F)C2)cc1Br. The fraction of sp³-hybridized carbons (Fsp3) is 0.176. The van der Waals surface area contributed by atoms with Gasteiger partial charge in [-0.1, -0.05) is 34.4 Å². The number of alkyl halides is 3.